The summed E-state index contributed by atoms with van der Waals surface area (Å²) in [6.07, 6.45) is 1.92. The third-order valence-corrected chi connectivity index (χ3v) is 6.66. The van der Waals surface area contributed by atoms with E-state index in [1.807, 2.05) is 13.1 Å². The van der Waals surface area contributed by atoms with Crippen LogP contribution in [0.4, 0.5) is 0 Å². The van der Waals surface area contributed by atoms with Gasteiger partial charge in [-0.2, -0.15) is 0 Å². The smallest absolute Gasteiger partial charge is 0.231 e. The van der Waals surface area contributed by atoms with E-state index in [0.29, 0.717) is 6.79 Å². The Bertz CT molecular complexity index is 849. The molecule has 0 spiro atoms. The van der Waals surface area contributed by atoms with Crippen molar-refractivity contribution >= 4 is 41.3 Å². The molecule has 2 aliphatic heterocycles. The molecule has 0 bridgehead atoms. The van der Waals surface area contributed by atoms with Gasteiger partial charge in [-0.1, -0.05) is 6.07 Å². The molecule has 0 radical (unpaired) electrons. The Morgan fingerprint density at radius 3 is 2.66 bits per heavy atom. The average Bonchev–Trinajstić information content (AvgIpc) is 3.37. The zero-order chi connectivity index (χ0) is 19.4. The molecule has 0 amide bonds. The molecule has 4 rings (SSSR count). The van der Waals surface area contributed by atoms with Gasteiger partial charge in [0.15, 0.2) is 17.5 Å². The fraction of sp³-hybridized carbons (Fsp3) is 0.476. The number of aliphatic imine (C=N–C) groups is 1. The molecule has 3 heterocycles. The van der Waals surface area contributed by atoms with E-state index in [1.165, 1.54) is 16.0 Å². The Labute approximate surface area is 193 Å². The second kappa shape index (κ2) is 9.99. The van der Waals surface area contributed by atoms with Crippen LogP contribution in [0, 0.1) is 6.92 Å². The van der Waals surface area contributed by atoms with E-state index in [-0.39, 0.29) is 29.4 Å². The molecule has 0 unspecified atom stereocenters. The summed E-state index contributed by atoms with van der Waals surface area (Å²) in [5, 5.41) is 9.10. The second-order valence-corrected chi connectivity index (χ2v) is 8.27. The number of aryl methyl sites for hydroxylation is 1. The topological polar surface area (TPSA) is 64.1 Å². The SMILES string of the molecule is CN=C(NCc1sccc1C)NCC1(c2ccc3c(c2)OCO3)CCOCC1.I. The highest BCUT2D eigenvalue weighted by Gasteiger charge is 2.35. The molecule has 6 nitrogen and oxygen atoms in total. The van der Waals surface area contributed by atoms with Crippen molar-refractivity contribution in [2.24, 2.45) is 4.99 Å². The Morgan fingerprint density at radius 2 is 1.93 bits per heavy atom. The van der Waals surface area contributed by atoms with Crippen LogP contribution >= 0.6 is 35.3 Å². The minimum Gasteiger partial charge on any atom is -0.454 e. The van der Waals surface area contributed by atoms with Crippen LogP contribution in [0.5, 0.6) is 11.5 Å². The number of rotatable bonds is 5. The number of hydrogen-bond acceptors (Lipinski definition) is 5. The molecule has 2 aromatic rings. The largest absolute Gasteiger partial charge is 0.454 e. The van der Waals surface area contributed by atoms with Gasteiger partial charge in [-0.3, -0.25) is 4.99 Å². The van der Waals surface area contributed by atoms with Crippen LogP contribution in [-0.4, -0.2) is 39.6 Å². The van der Waals surface area contributed by atoms with E-state index in [9.17, 15) is 0 Å². The zero-order valence-electron chi connectivity index (χ0n) is 16.8. The van der Waals surface area contributed by atoms with E-state index in [0.717, 1.165) is 56.6 Å². The Balaban J connectivity index is 0.00000240. The van der Waals surface area contributed by atoms with Gasteiger partial charge >= 0.3 is 0 Å². The minimum atomic E-state index is -0.0182. The highest BCUT2D eigenvalue weighted by atomic mass is 127. The molecule has 1 fully saturated rings. The van der Waals surface area contributed by atoms with Crippen molar-refractivity contribution in [1.29, 1.82) is 0 Å². The highest BCUT2D eigenvalue weighted by Crippen LogP contribution is 2.40. The lowest BCUT2D eigenvalue weighted by Gasteiger charge is -2.38. The van der Waals surface area contributed by atoms with Crippen molar-refractivity contribution in [3.8, 4) is 11.5 Å². The van der Waals surface area contributed by atoms with Gasteiger partial charge in [0.05, 0.1) is 6.54 Å². The predicted molar refractivity (Wildman–Crippen MR) is 127 cm³/mol. The van der Waals surface area contributed by atoms with Gasteiger partial charge in [0.2, 0.25) is 6.79 Å². The molecule has 1 saturated heterocycles. The molecular weight excluding hydrogens is 501 g/mol. The standard InChI is InChI=1S/C21H27N3O3S.HI/c1-15-5-10-28-19(15)12-23-20(22-2)24-13-21(6-8-25-9-7-21)16-3-4-17-18(11-16)27-14-26-17;/h3-5,10-11H,6-9,12-14H2,1-2H3,(H2,22,23,24);1H. The van der Waals surface area contributed by atoms with Crippen LogP contribution in [-0.2, 0) is 16.7 Å². The molecule has 29 heavy (non-hydrogen) atoms. The lowest BCUT2D eigenvalue weighted by Crippen LogP contribution is -2.47. The van der Waals surface area contributed by atoms with Gasteiger partial charge < -0.3 is 24.8 Å². The first-order valence-electron chi connectivity index (χ1n) is 9.65. The molecule has 2 aliphatic rings. The highest BCUT2D eigenvalue weighted by molar-refractivity contribution is 14.0. The monoisotopic (exact) mass is 529 g/mol. The quantitative estimate of drug-likeness (QED) is 0.351. The lowest BCUT2D eigenvalue weighted by molar-refractivity contribution is 0.0513. The van der Waals surface area contributed by atoms with Crippen LogP contribution in [0.3, 0.4) is 0 Å². The molecule has 1 aromatic heterocycles. The number of benzene rings is 1. The summed E-state index contributed by atoms with van der Waals surface area (Å²) in [6, 6.07) is 8.45. The molecule has 0 aliphatic carbocycles. The maximum Gasteiger partial charge on any atom is 0.231 e. The molecule has 8 heteroatoms. The lowest BCUT2D eigenvalue weighted by atomic mass is 9.74. The van der Waals surface area contributed by atoms with Gasteiger partial charge in [-0.15, -0.1) is 35.3 Å². The van der Waals surface area contributed by atoms with E-state index in [2.05, 4.69) is 46.1 Å². The van der Waals surface area contributed by atoms with Gasteiger partial charge in [-0.05, 0) is 54.5 Å². The minimum absolute atomic E-state index is 0. The van der Waals surface area contributed by atoms with Crippen LogP contribution in [0.15, 0.2) is 34.6 Å². The van der Waals surface area contributed by atoms with Crippen molar-refractivity contribution in [3.63, 3.8) is 0 Å². The average molecular weight is 529 g/mol. The van der Waals surface area contributed by atoms with E-state index in [4.69, 9.17) is 14.2 Å². The number of halogens is 1. The first kappa shape index (κ1) is 22.2. The maximum absolute atomic E-state index is 5.65. The first-order valence-corrected chi connectivity index (χ1v) is 10.5. The van der Waals surface area contributed by atoms with E-state index >= 15 is 0 Å². The summed E-state index contributed by atoms with van der Waals surface area (Å²) >= 11 is 1.77. The first-order chi connectivity index (χ1) is 13.7. The van der Waals surface area contributed by atoms with Gasteiger partial charge in [-0.25, -0.2) is 0 Å². The third kappa shape index (κ3) is 4.97. The van der Waals surface area contributed by atoms with Crippen LogP contribution in [0.2, 0.25) is 0 Å². The van der Waals surface area contributed by atoms with Crippen molar-refractivity contribution in [1.82, 2.24) is 10.6 Å². The van der Waals surface area contributed by atoms with Gasteiger partial charge in [0.25, 0.3) is 0 Å². The second-order valence-electron chi connectivity index (χ2n) is 7.27. The predicted octanol–water partition coefficient (Wildman–Crippen LogP) is 3.82. The molecule has 1 aromatic carbocycles. The number of nitrogens with one attached hydrogen (secondary N) is 2. The fourth-order valence-electron chi connectivity index (χ4n) is 3.78. The van der Waals surface area contributed by atoms with E-state index in [1.54, 1.807) is 11.3 Å². The zero-order valence-corrected chi connectivity index (χ0v) is 20.0. The van der Waals surface area contributed by atoms with Crippen LogP contribution in [0.25, 0.3) is 0 Å². The van der Waals surface area contributed by atoms with E-state index < -0.39 is 0 Å². The summed E-state index contributed by atoms with van der Waals surface area (Å²) in [6.45, 7) is 5.53. The summed E-state index contributed by atoms with van der Waals surface area (Å²) in [5.41, 5.74) is 2.56. The summed E-state index contributed by atoms with van der Waals surface area (Å²) in [4.78, 5) is 5.74. The number of fused-ring (bicyclic) bond motifs is 1. The van der Waals surface area contributed by atoms with Crippen molar-refractivity contribution in [2.45, 2.75) is 31.7 Å². The summed E-state index contributed by atoms with van der Waals surface area (Å²) in [7, 11) is 1.81. The van der Waals surface area contributed by atoms with Crippen LogP contribution < -0.4 is 20.1 Å². The van der Waals surface area contributed by atoms with Gasteiger partial charge in [0, 0.05) is 37.1 Å². The maximum atomic E-state index is 5.65. The molecular formula is C21H28IN3O3S. The number of hydrogen-bond donors (Lipinski definition) is 2. The number of ether oxygens (including phenoxy) is 3. The third-order valence-electron chi connectivity index (χ3n) is 5.64. The summed E-state index contributed by atoms with van der Waals surface area (Å²) < 4.78 is 16.7. The normalized spacial score (nSPS) is 17.5. The fourth-order valence-corrected chi connectivity index (χ4v) is 4.62. The molecule has 0 atom stereocenters. The number of thiophene rings is 1. The Kier molecular flexibility index (Phi) is 7.64. The van der Waals surface area contributed by atoms with Crippen molar-refractivity contribution < 1.29 is 14.2 Å². The van der Waals surface area contributed by atoms with Crippen molar-refractivity contribution in [3.05, 3.63) is 45.6 Å². The number of guanidine groups is 1. The molecule has 158 valence electrons. The Hall–Kier alpha value is -1.52. The number of nitrogens with zero attached hydrogens (tertiary/aromatic N) is 1. The Morgan fingerprint density at radius 1 is 1.14 bits per heavy atom. The molecule has 0 saturated carbocycles. The van der Waals surface area contributed by atoms with Crippen molar-refractivity contribution in [2.75, 3.05) is 33.6 Å². The molecule has 2 N–H and O–H groups in total. The van der Waals surface area contributed by atoms with Gasteiger partial charge in [0.1, 0.15) is 0 Å². The van der Waals surface area contributed by atoms with Crippen LogP contribution in [0.1, 0.15) is 28.8 Å². The summed E-state index contributed by atoms with van der Waals surface area (Å²) in [5.74, 6) is 2.47.